The molecule has 0 unspecified atom stereocenters. The van der Waals surface area contributed by atoms with Crippen LogP contribution < -0.4 is 15.7 Å². The molecule has 8 nitrogen and oxygen atoms in total. The van der Waals surface area contributed by atoms with Crippen molar-refractivity contribution in [3.05, 3.63) is 95.5 Å². The van der Waals surface area contributed by atoms with E-state index in [-0.39, 0.29) is 20.9 Å². The largest absolute Gasteiger partial charge is 0.300 e. The Bertz CT molecular complexity index is 1350. The van der Waals surface area contributed by atoms with Crippen molar-refractivity contribution in [1.29, 1.82) is 0 Å². The van der Waals surface area contributed by atoms with E-state index in [1.165, 1.54) is 24.3 Å². The Hall–Kier alpha value is -3.72. The van der Waals surface area contributed by atoms with E-state index in [2.05, 4.69) is 10.1 Å². The summed E-state index contributed by atoms with van der Waals surface area (Å²) in [6.45, 7) is 0. The number of rotatable bonds is 3. The highest BCUT2D eigenvalue weighted by molar-refractivity contribution is 7.15. The zero-order chi connectivity index (χ0) is 19.0. The Balaban J connectivity index is 1.91. The first-order valence-corrected chi connectivity index (χ1v) is 8.60. The predicted octanol–water partition coefficient (Wildman–Crippen LogP) is 1.63. The topological polar surface area (TPSA) is 107 Å². The molecule has 0 atom stereocenters. The summed E-state index contributed by atoms with van der Waals surface area (Å²) in [5, 5.41) is 15.1. The van der Waals surface area contributed by atoms with Crippen LogP contribution in [0.4, 0.5) is 5.69 Å². The van der Waals surface area contributed by atoms with Gasteiger partial charge < -0.3 is 0 Å². The molecule has 0 aliphatic heterocycles. The Morgan fingerprint density at radius 3 is 2.59 bits per heavy atom. The highest BCUT2D eigenvalue weighted by Crippen LogP contribution is 2.14. The number of thiazole rings is 1. The molecule has 0 aliphatic rings. The standard InChI is InChI=1S/C18H10N4O4S/c23-16-15(12-6-2-1-3-7-12)20-21-17(24)14(27-18(21)19-16)10-11-5-4-8-13(9-11)22(25)26/h1-10H. The lowest BCUT2D eigenvalue weighted by Crippen LogP contribution is -2.26. The van der Waals surface area contributed by atoms with E-state index in [4.69, 9.17) is 0 Å². The Morgan fingerprint density at radius 2 is 1.85 bits per heavy atom. The fourth-order valence-corrected chi connectivity index (χ4v) is 3.47. The molecule has 2 aromatic carbocycles. The van der Waals surface area contributed by atoms with Gasteiger partial charge >= 0.3 is 5.56 Å². The maximum Gasteiger partial charge on any atom is 0.300 e. The van der Waals surface area contributed by atoms with E-state index in [1.807, 2.05) is 6.07 Å². The summed E-state index contributed by atoms with van der Waals surface area (Å²) in [5.41, 5.74) is 0.119. The van der Waals surface area contributed by atoms with Gasteiger partial charge in [-0.25, -0.2) is 0 Å². The van der Waals surface area contributed by atoms with Crippen molar-refractivity contribution >= 4 is 28.1 Å². The monoisotopic (exact) mass is 378 g/mol. The van der Waals surface area contributed by atoms with Gasteiger partial charge in [0.15, 0.2) is 5.69 Å². The smallest absolute Gasteiger partial charge is 0.266 e. The van der Waals surface area contributed by atoms with Gasteiger partial charge in [-0.05, 0) is 11.6 Å². The number of nitro benzene ring substituents is 1. The van der Waals surface area contributed by atoms with Crippen LogP contribution in [-0.2, 0) is 0 Å². The molecule has 0 N–H and O–H groups in total. The fraction of sp³-hybridized carbons (Fsp3) is 0. The van der Waals surface area contributed by atoms with Crippen LogP contribution in [-0.4, -0.2) is 19.5 Å². The zero-order valence-corrected chi connectivity index (χ0v) is 14.4. The van der Waals surface area contributed by atoms with Crippen LogP contribution in [0.5, 0.6) is 0 Å². The van der Waals surface area contributed by atoms with Gasteiger partial charge in [0.1, 0.15) is 0 Å². The minimum Gasteiger partial charge on any atom is -0.266 e. The summed E-state index contributed by atoms with van der Waals surface area (Å²) in [4.78, 5) is 39.4. The predicted molar refractivity (Wildman–Crippen MR) is 101 cm³/mol. The van der Waals surface area contributed by atoms with Crippen LogP contribution in [0.2, 0.25) is 0 Å². The SMILES string of the molecule is O=c1nc2sc(=Cc3cccc([N+](=O)[O-])c3)c(=O)n2nc1-c1ccccc1. The molecule has 0 saturated carbocycles. The third-order valence-corrected chi connectivity index (χ3v) is 4.77. The maximum atomic E-state index is 12.7. The van der Waals surface area contributed by atoms with Crippen LogP contribution in [0, 0.1) is 10.1 Å². The van der Waals surface area contributed by atoms with Crippen LogP contribution in [0.1, 0.15) is 5.56 Å². The van der Waals surface area contributed by atoms with Crippen LogP contribution in [0.15, 0.2) is 64.2 Å². The lowest BCUT2D eigenvalue weighted by atomic mass is 10.2. The zero-order valence-electron chi connectivity index (χ0n) is 13.6. The number of hydrogen-bond donors (Lipinski definition) is 0. The van der Waals surface area contributed by atoms with Gasteiger partial charge in [-0.15, -0.1) is 0 Å². The summed E-state index contributed by atoms with van der Waals surface area (Å²) in [6.07, 6.45) is 1.52. The molecule has 2 aromatic heterocycles. The molecule has 27 heavy (non-hydrogen) atoms. The lowest BCUT2D eigenvalue weighted by molar-refractivity contribution is -0.384. The normalized spacial score (nSPS) is 11.8. The number of fused-ring (bicyclic) bond motifs is 1. The minimum absolute atomic E-state index is 0.0746. The molecule has 2 heterocycles. The Labute approximate surface area is 154 Å². The quantitative estimate of drug-likeness (QED) is 0.396. The number of nitrogens with zero attached hydrogens (tertiary/aromatic N) is 4. The molecule has 0 saturated heterocycles. The Morgan fingerprint density at radius 1 is 1.07 bits per heavy atom. The summed E-state index contributed by atoms with van der Waals surface area (Å²) in [6, 6.07) is 14.7. The third kappa shape index (κ3) is 3.11. The molecule has 0 aliphatic carbocycles. The second-order valence-corrected chi connectivity index (χ2v) is 6.60. The second-order valence-electron chi connectivity index (χ2n) is 5.59. The van der Waals surface area contributed by atoms with Gasteiger partial charge in [-0.3, -0.25) is 19.7 Å². The summed E-state index contributed by atoms with van der Waals surface area (Å²) >= 11 is 1.00. The van der Waals surface area contributed by atoms with Crippen molar-refractivity contribution in [3.8, 4) is 11.3 Å². The molecule has 4 aromatic rings. The molecule has 0 fully saturated rings. The van der Waals surface area contributed by atoms with Gasteiger partial charge in [0.05, 0.1) is 9.46 Å². The van der Waals surface area contributed by atoms with Gasteiger partial charge in [0, 0.05) is 17.7 Å². The molecule has 0 spiro atoms. The molecule has 0 amide bonds. The van der Waals surface area contributed by atoms with Crippen LogP contribution in [0.3, 0.4) is 0 Å². The van der Waals surface area contributed by atoms with E-state index in [0.717, 1.165) is 15.9 Å². The van der Waals surface area contributed by atoms with Gasteiger partial charge in [0.25, 0.3) is 11.2 Å². The molecule has 132 valence electrons. The maximum absolute atomic E-state index is 12.7. The molecule has 0 radical (unpaired) electrons. The summed E-state index contributed by atoms with van der Waals surface area (Å²) < 4.78 is 1.36. The number of benzene rings is 2. The van der Waals surface area contributed by atoms with E-state index in [1.54, 1.807) is 30.3 Å². The average Bonchev–Trinajstić information content (AvgIpc) is 2.96. The average molecular weight is 378 g/mol. The molecule has 9 heteroatoms. The number of hydrogen-bond acceptors (Lipinski definition) is 7. The number of nitro groups is 1. The van der Waals surface area contributed by atoms with Crippen molar-refractivity contribution in [2.45, 2.75) is 0 Å². The van der Waals surface area contributed by atoms with Crippen molar-refractivity contribution in [2.75, 3.05) is 0 Å². The first-order valence-electron chi connectivity index (χ1n) is 7.78. The number of non-ortho nitro benzene ring substituents is 1. The van der Waals surface area contributed by atoms with Crippen molar-refractivity contribution in [2.24, 2.45) is 0 Å². The molecular formula is C18H10N4O4S. The summed E-state index contributed by atoms with van der Waals surface area (Å²) in [5.74, 6) is 0. The minimum atomic E-state index is -0.524. The first kappa shape index (κ1) is 16.7. The fourth-order valence-electron chi connectivity index (χ4n) is 2.57. The molecule has 4 rings (SSSR count). The highest BCUT2D eigenvalue weighted by atomic mass is 32.1. The third-order valence-electron chi connectivity index (χ3n) is 3.81. The van der Waals surface area contributed by atoms with E-state index in [0.29, 0.717) is 11.1 Å². The lowest BCUT2D eigenvalue weighted by Gasteiger charge is -1.98. The van der Waals surface area contributed by atoms with Crippen molar-refractivity contribution in [3.63, 3.8) is 0 Å². The van der Waals surface area contributed by atoms with Crippen molar-refractivity contribution < 1.29 is 4.92 Å². The summed E-state index contributed by atoms with van der Waals surface area (Å²) in [7, 11) is 0. The van der Waals surface area contributed by atoms with Gasteiger partial charge in [-0.1, -0.05) is 53.8 Å². The van der Waals surface area contributed by atoms with E-state index < -0.39 is 16.0 Å². The van der Waals surface area contributed by atoms with E-state index >= 15 is 0 Å². The first-order chi connectivity index (χ1) is 13.0. The van der Waals surface area contributed by atoms with E-state index in [9.17, 15) is 19.7 Å². The second kappa shape index (κ2) is 6.54. The number of aromatic nitrogens is 3. The molecular weight excluding hydrogens is 368 g/mol. The molecule has 0 bridgehead atoms. The highest BCUT2D eigenvalue weighted by Gasteiger charge is 2.12. The van der Waals surface area contributed by atoms with Gasteiger partial charge in [0.2, 0.25) is 4.96 Å². The van der Waals surface area contributed by atoms with Gasteiger partial charge in [-0.2, -0.15) is 14.6 Å². The Kier molecular flexibility index (Phi) is 4.05. The van der Waals surface area contributed by atoms with Crippen molar-refractivity contribution in [1.82, 2.24) is 14.6 Å². The van der Waals surface area contributed by atoms with Crippen LogP contribution >= 0.6 is 11.3 Å². The van der Waals surface area contributed by atoms with Crippen LogP contribution in [0.25, 0.3) is 22.3 Å².